The smallest absolute Gasteiger partial charge is 0.263 e. The van der Waals surface area contributed by atoms with Crippen molar-refractivity contribution in [2.24, 2.45) is 0 Å². The Morgan fingerprint density at radius 3 is 2.36 bits per heavy atom. The third kappa shape index (κ3) is 2.46. The van der Waals surface area contributed by atoms with Crippen LogP contribution in [0, 0.1) is 20.8 Å². The summed E-state index contributed by atoms with van der Waals surface area (Å²) in [7, 11) is -3.73. The minimum absolute atomic E-state index is 0.204. The molecular weight excluding hydrogens is 300 g/mol. The van der Waals surface area contributed by atoms with Crippen molar-refractivity contribution in [2.45, 2.75) is 25.7 Å². The van der Waals surface area contributed by atoms with Crippen molar-refractivity contribution >= 4 is 26.8 Å². The van der Waals surface area contributed by atoms with Crippen LogP contribution in [0.2, 0.25) is 0 Å². The van der Waals surface area contributed by atoms with E-state index < -0.39 is 10.0 Å². The SMILES string of the molecule is Cc1cc(C)c(S(=O)(=O)Nc2noc3ccccc23)c(C)c1. The average Bonchev–Trinajstić information content (AvgIpc) is 2.80. The highest BCUT2D eigenvalue weighted by Crippen LogP contribution is 2.27. The molecule has 3 rings (SSSR count). The quantitative estimate of drug-likeness (QED) is 0.802. The number of anilines is 1. The zero-order chi connectivity index (χ0) is 15.9. The van der Waals surface area contributed by atoms with Crippen molar-refractivity contribution in [1.29, 1.82) is 0 Å². The number of sulfonamides is 1. The van der Waals surface area contributed by atoms with E-state index in [1.807, 2.05) is 19.1 Å². The number of rotatable bonds is 3. The summed E-state index contributed by atoms with van der Waals surface area (Å²) in [6.45, 7) is 5.51. The molecule has 0 radical (unpaired) electrons. The van der Waals surface area contributed by atoms with Gasteiger partial charge in [-0.3, -0.25) is 4.72 Å². The lowest BCUT2D eigenvalue weighted by Gasteiger charge is -2.12. The van der Waals surface area contributed by atoms with E-state index in [0.29, 0.717) is 22.1 Å². The van der Waals surface area contributed by atoms with Crippen LogP contribution >= 0.6 is 0 Å². The minimum atomic E-state index is -3.73. The highest BCUT2D eigenvalue weighted by Gasteiger charge is 2.22. The lowest BCUT2D eigenvalue weighted by atomic mass is 10.1. The summed E-state index contributed by atoms with van der Waals surface area (Å²) in [5, 5.41) is 4.45. The van der Waals surface area contributed by atoms with Gasteiger partial charge in [0.05, 0.1) is 10.3 Å². The lowest BCUT2D eigenvalue weighted by molar-refractivity contribution is 0.460. The third-order valence-electron chi connectivity index (χ3n) is 3.48. The Balaban J connectivity index is 2.08. The van der Waals surface area contributed by atoms with E-state index in [-0.39, 0.29) is 10.7 Å². The van der Waals surface area contributed by atoms with Crippen LogP contribution in [0.25, 0.3) is 11.0 Å². The molecule has 0 amide bonds. The van der Waals surface area contributed by atoms with Crippen LogP contribution in [0.5, 0.6) is 0 Å². The minimum Gasteiger partial charge on any atom is -0.354 e. The predicted molar refractivity (Wildman–Crippen MR) is 85.5 cm³/mol. The first kappa shape index (κ1) is 14.6. The Bertz CT molecular complexity index is 935. The number of nitrogens with one attached hydrogen (secondary N) is 1. The fourth-order valence-electron chi connectivity index (χ4n) is 2.73. The highest BCUT2D eigenvalue weighted by atomic mass is 32.2. The van der Waals surface area contributed by atoms with E-state index in [1.165, 1.54) is 0 Å². The Morgan fingerprint density at radius 1 is 1.05 bits per heavy atom. The van der Waals surface area contributed by atoms with Gasteiger partial charge in [0.2, 0.25) is 0 Å². The zero-order valence-electron chi connectivity index (χ0n) is 12.5. The second-order valence-corrected chi connectivity index (χ2v) is 6.98. The van der Waals surface area contributed by atoms with Gasteiger partial charge in [-0.2, -0.15) is 0 Å². The number of benzene rings is 2. The Kier molecular flexibility index (Phi) is 3.41. The molecule has 0 fully saturated rings. The monoisotopic (exact) mass is 316 g/mol. The van der Waals surface area contributed by atoms with Crippen LogP contribution in [-0.4, -0.2) is 13.6 Å². The number of fused-ring (bicyclic) bond motifs is 1. The van der Waals surface area contributed by atoms with Crippen molar-refractivity contribution in [3.8, 4) is 0 Å². The maximum Gasteiger partial charge on any atom is 0.263 e. The number of hydrogen-bond donors (Lipinski definition) is 1. The molecule has 0 saturated carbocycles. The molecule has 114 valence electrons. The fourth-order valence-corrected chi connectivity index (χ4v) is 4.20. The maximum atomic E-state index is 12.7. The largest absolute Gasteiger partial charge is 0.354 e. The van der Waals surface area contributed by atoms with E-state index in [1.54, 1.807) is 38.1 Å². The third-order valence-corrected chi connectivity index (χ3v) is 5.13. The molecule has 0 unspecified atom stereocenters. The lowest BCUT2D eigenvalue weighted by Crippen LogP contribution is -2.16. The van der Waals surface area contributed by atoms with Crippen LogP contribution in [0.3, 0.4) is 0 Å². The van der Waals surface area contributed by atoms with Crippen LogP contribution in [-0.2, 0) is 10.0 Å². The van der Waals surface area contributed by atoms with Crippen LogP contribution in [0.4, 0.5) is 5.82 Å². The van der Waals surface area contributed by atoms with Crippen LogP contribution in [0.1, 0.15) is 16.7 Å². The van der Waals surface area contributed by atoms with Gasteiger partial charge in [0.15, 0.2) is 11.4 Å². The summed E-state index contributed by atoms with van der Waals surface area (Å²) in [5.41, 5.74) is 2.98. The molecule has 22 heavy (non-hydrogen) atoms. The molecule has 0 aliphatic rings. The molecule has 0 spiro atoms. The molecule has 2 aromatic carbocycles. The molecule has 0 bridgehead atoms. The zero-order valence-corrected chi connectivity index (χ0v) is 13.4. The molecule has 1 heterocycles. The summed E-state index contributed by atoms with van der Waals surface area (Å²) in [6, 6.07) is 10.8. The topological polar surface area (TPSA) is 72.2 Å². The normalized spacial score (nSPS) is 11.8. The van der Waals surface area contributed by atoms with Gasteiger partial charge in [-0.15, -0.1) is 0 Å². The maximum absolute atomic E-state index is 12.7. The first-order valence-electron chi connectivity index (χ1n) is 6.83. The number of hydrogen-bond acceptors (Lipinski definition) is 4. The summed E-state index contributed by atoms with van der Waals surface area (Å²) < 4.78 is 33.1. The molecule has 6 heteroatoms. The van der Waals surface area contributed by atoms with E-state index >= 15 is 0 Å². The van der Waals surface area contributed by atoms with Gasteiger partial charge in [0.1, 0.15) is 0 Å². The summed E-state index contributed by atoms with van der Waals surface area (Å²) in [5.74, 6) is 0.204. The first-order chi connectivity index (χ1) is 10.4. The van der Waals surface area contributed by atoms with Gasteiger partial charge in [0.25, 0.3) is 10.0 Å². The van der Waals surface area contributed by atoms with Crippen molar-refractivity contribution in [2.75, 3.05) is 4.72 Å². The molecule has 5 nitrogen and oxygen atoms in total. The van der Waals surface area contributed by atoms with Crippen molar-refractivity contribution in [3.63, 3.8) is 0 Å². The van der Waals surface area contributed by atoms with Gasteiger partial charge in [-0.05, 0) is 44.0 Å². The molecule has 0 aliphatic heterocycles. The molecular formula is C16H16N2O3S. The van der Waals surface area contributed by atoms with E-state index in [2.05, 4.69) is 9.88 Å². The van der Waals surface area contributed by atoms with Gasteiger partial charge < -0.3 is 4.52 Å². The van der Waals surface area contributed by atoms with Gasteiger partial charge in [-0.1, -0.05) is 35.0 Å². The summed E-state index contributed by atoms with van der Waals surface area (Å²) in [4.78, 5) is 0.283. The molecule has 0 saturated heterocycles. The van der Waals surface area contributed by atoms with E-state index in [0.717, 1.165) is 5.56 Å². The standard InChI is InChI=1S/C16H16N2O3S/c1-10-8-11(2)15(12(3)9-10)22(19,20)18-16-13-6-4-5-7-14(13)21-17-16/h4-9H,1-3H3,(H,17,18). The first-order valence-corrected chi connectivity index (χ1v) is 8.32. The van der Waals surface area contributed by atoms with Crippen LogP contribution in [0.15, 0.2) is 45.8 Å². The molecule has 0 atom stereocenters. The van der Waals surface area contributed by atoms with Gasteiger partial charge in [0, 0.05) is 0 Å². The molecule has 1 aromatic heterocycles. The molecule has 3 aromatic rings. The van der Waals surface area contributed by atoms with Crippen LogP contribution < -0.4 is 4.72 Å². The molecule has 0 aliphatic carbocycles. The Labute approximate surface area is 129 Å². The van der Waals surface area contributed by atoms with Crippen molar-refractivity contribution < 1.29 is 12.9 Å². The second-order valence-electron chi connectivity index (χ2n) is 5.36. The summed E-state index contributed by atoms with van der Waals surface area (Å²) in [6.07, 6.45) is 0. The highest BCUT2D eigenvalue weighted by molar-refractivity contribution is 7.92. The van der Waals surface area contributed by atoms with E-state index in [4.69, 9.17) is 4.52 Å². The second kappa shape index (κ2) is 5.14. The van der Waals surface area contributed by atoms with Gasteiger partial charge >= 0.3 is 0 Å². The van der Waals surface area contributed by atoms with E-state index in [9.17, 15) is 8.42 Å². The molecule has 1 N–H and O–H groups in total. The fraction of sp³-hybridized carbons (Fsp3) is 0.188. The number of aryl methyl sites for hydroxylation is 3. The number of aromatic nitrogens is 1. The predicted octanol–water partition coefficient (Wildman–Crippen LogP) is 3.55. The average molecular weight is 316 g/mol. The van der Waals surface area contributed by atoms with Gasteiger partial charge in [-0.25, -0.2) is 8.42 Å². The Hall–Kier alpha value is -2.34. The number of para-hydroxylation sites is 1. The Morgan fingerprint density at radius 2 is 1.68 bits per heavy atom. The number of nitrogens with zero attached hydrogens (tertiary/aromatic N) is 1. The van der Waals surface area contributed by atoms with Crippen molar-refractivity contribution in [1.82, 2.24) is 5.16 Å². The summed E-state index contributed by atoms with van der Waals surface area (Å²) >= 11 is 0. The van der Waals surface area contributed by atoms with Crippen molar-refractivity contribution in [3.05, 3.63) is 53.1 Å².